The van der Waals surface area contributed by atoms with E-state index >= 15 is 0 Å². The average Bonchev–Trinajstić information content (AvgIpc) is 3.41. The highest BCUT2D eigenvalue weighted by molar-refractivity contribution is 7.47. The molecule has 0 aromatic rings. The van der Waals surface area contributed by atoms with Gasteiger partial charge in [0, 0.05) is 12.8 Å². The van der Waals surface area contributed by atoms with Crippen molar-refractivity contribution in [1.29, 1.82) is 0 Å². The van der Waals surface area contributed by atoms with Gasteiger partial charge in [-0.25, -0.2) is 4.57 Å². The predicted octanol–water partition coefficient (Wildman–Crippen LogP) is 16.9. The quantitative estimate of drug-likeness (QED) is 0.0197. The number of hydrogen-bond donors (Lipinski definition) is 2. The second-order valence-corrected chi connectivity index (χ2v) is 19.4. The molecule has 0 fully saturated rings. The molecule has 2 N–H and O–H groups in total. The minimum absolute atomic E-state index is 0.0716. The summed E-state index contributed by atoms with van der Waals surface area (Å²) in [6.07, 6.45) is 73.9. The van der Waals surface area contributed by atoms with Gasteiger partial charge in [-0.05, 0) is 116 Å². The summed E-state index contributed by atoms with van der Waals surface area (Å²) < 4.78 is 39.3. The van der Waals surface area contributed by atoms with Gasteiger partial charge in [0.25, 0.3) is 0 Å². The van der Waals surface area contributed by atoms with Gasteiger partial charge in [0.05, 0.1) is 26.2 Å². The van der Waals surface area contributed by atoms with Gasteiger partial charge < -0.3 is 24.2 Å². The largest absolute Gasteiger partial charge is 0.472 e. The van der Waals surface area contributed by atoms with Crippen LogP contribution < -0.4 is 0 Å². The summed E-state index contributed by atoms with van der Waals surface area (Å²) in [5, 5.41) is 9.81. The minimum atomic E-state index is -4.80. The van der Waals surface area contributed by atoms with Gasteiger partial charge in [0.2, 0.25) is 0 Å². The number of allylic oxidation sites excluding steroid dienone is 25. The van der Waals surface area contributed by atoms with Crippen LogP contribution in [0.1, 0.15) is 188 Å². The van der Waals surface area contributed by atoms with Crippen LogP contribution in [0.25, 0.3) is 0 Å². The van der Waals surface area contributed by atoms with Crippen molar-refractivity contribution in [2.24, 2.45) is 0 Å². The van der Waals surface area contributed by atoms with Crippen LogP contribution in [-0.2, 0) is 42.2 Å². The maximum atomic E-state index is 12.9. The zero-order valence-corrected chi connectivity index (χ0v) is 47.8. The molecule has 0 aliphatic heterocycles. The lowest BCUT2D eigenvalue weighted by Gasteiger charge is -2.21. The molecule has 0 heterocycles. The number of unbranched alkanes of at least 4 members (excludes halogenated alkanes) is 8. The van der Waals surface area contributed by atoms with E-state index in [4.69, 9.17) is 23.3 Å². The molecule has 0 bridgehead atoms. The summed E-state index contributed by atoms with van der Waals surface area (Å²) in [4.78, 5) is 48.4. The zero-order valence-electron chi connectivity index (χ0n) is 46.9. The van der Waals surface area contributed by atoms with Crippen LogP contribution in [0.4, 0.5) is 0 Å². The van der Waals surface area contributed by atoms with E-state index in [0.29, 0.717) is 19.3 Å². The lowest BCUT2D eigenvalue weighted by molar-refractivity contribution is -0.160. The van der Waals surface area contributed by atoms with Crippen LogP contribution in [0, 0.1) is 0 Å². The van der Waals surface area contributed by atoms with Gasteiger partial charge in [-0.3, -0.25) is 23.4 Å². The fraction of sp³-hybridized carbons (Fsp3) is 0.547. The Hall–Kier alpha value is -4.90. The molecule has 0 aromatic heterocycles. The molecule has 3 atom stereocenters. The lowest BCUT2D eigenvalue weighted by Crippen LogP contribution is -2.30. The number of ether oxygens (including phenoxy) is 3. The number of hydrogen-bond acceptors (Lipinski definition) is 10. The summed E-state index contributed by atoms with van der Waals surface area (Å²) in [7, 11) is -4.80. The highest BCUT2D eigenvalue weighted by atomic mass is 31.2. The van der Waals surface area contributed by atoms with Gasteiger partial charge in [-0.15, -0.1) is 0 Å². The molecule has 12 heteroatoms. The lowest BCUT2D eigenvalue weighted by atomic mass is 10.1. The van der Waals surface area contributed by atoms with Gasteiger partial charge in [-0.2, -0.15) is 0 Å². The molecule has 426 valence electrons. The number of rotatable bonds is 50. The number of aliphatic hydroxyl groups is 1. The molecule has 76 heavy (non-hydrogen) atoms. The first-order valence-electron chi connectivity index (χ1n) is 28.4. The van der Waals surface area contributed by atoms with E-state index < -0.39 is 64.4 Å². The molecule has 0 radical (unpaired) electrons. The summed E-state index contributed by atoms with van der Waals surface area (Å²) in [5.74, 6) is -1.76. The Labute approximate surface area is 460 Å². The van der Waals surface area contributed by atoms with Crippen LogP contribution in [0.2, 0.25) is 0 Å². The standard InChI is InChI=1S/C64H99O11P/c1-4-7-10-13-16-19-22-25-28-29-30-31-34-35-38-41-44-47-50-53-62(66)71-57-61(75-64(68)55-52-49-46-43-40-37-33-27-24-21-18-15-12-9-6-3)59-73-76(69,70)72-58-60(56-65)74-63(67)54-51-48-45-42-39-36-32-26-23-20-17-14-11-8-5-2/h7,9-10,12,16-21,25-28,30-33,35,38,40,43-44,47,49,52,60-61,65H,4-6,8,11,13-15,22-24,29,34,36-37,39,41-42,45-46,48,50-51,53-59H2,1-3H3,(H,69,70)/b10-7-,12-9-,19-16-,20-17-,21-18-,28-25-,31-30-,32-26-,33-27-,38-35-,43-40-,47-44-,52-49-. The molecule has 3 unspecified atom stereocenters. The molecular weight excluding hydrogens is 976 g/mol. The normalized spacial score (nSPS) is 14.5. The van der Waals surface area contributed by atoms with E-state index in [9.17, 15) is 28.9 Å². The first-order chi connectivity index (χ1) is 37.2. The molecule has 0 saturated heterocycles. The molecule has 0 spiro atoms. The molecule has 0 aliphatic carbocycles. The monoisotopic (exact) mass is 1070 g/mol. The Kier molecular flexibility index (Phi) is 52.7. The Morgan fingerprint density at radius 3 is 1.21 bits per heavy atom. The minimum Gasteiger partial charge on any atom is -0.462 e. The van der Waals surface area contributed by atoms with Crippen LogP contribution in [0.5, 0.6) is 0 Å². The molecule has 0 rings (SSSR count). The van der Waals surface area contributed by atoms with Gasteiger partial charge in [-0.1, -0.05) is 211 Å². The van der Waals surface area contributed by atoms with Crippen molar-refractivity contribution < 1.29 is 52.2 Å². The molecule has 0 aliphatic rings. The van der Waals surface area contributed by atoms with Gasteiger partial charge in [0.1, 0.15) is 12.7 Å². The highest BCUT2D eigenvalue weighted by Crippen LogP contribution is 2.43. The summed E-state index contributed by atoms with van der Waals surface area (Å²) in [6, 6.07) is 0. The predicted molar refractivity (Wildman–Crippen MR) is 315 cm³/mol. The fourth-order valence-electron chi connectivity index (χ4n) is 6.72. The van der Waals surface area contributed by atoms with E-state index in [2.05, 4.69) is 142 Å². The van der Waals surface area contributed by atoms with Crippen LogP contribution in [0.15, 0.2) is 158 Å². The number of esters is 3. The maximum Gasteiger partial charge on any atom is 0.472 e. The average molecular weight is 1080 g/mol. The van der Waals surface area contributed by atoms with E-state index in [0.717, 1.165) is 109 Å². The third-order valence-electron chi connectivity index (χ3n) is 11.0. The fourth-order valence-corrected chi connectivity index (χ4v) is 7.50. The Morgan fingerprint density at radius 1 is 0.395 bits per heavy atom. The SMILES string of the molecule is CC/C=C\C/C=C\C/C=C\C/C=C\C/C=C\C/C=C\CCC(=O)OCC(COP(=O)(O)OCC(CO)OC(=O)CCCCCCC/C=C\C/C=C\CCCCC)OC(=O)C/C=C\C/C=C\C/C=C\C/C=C\C/C=C\CC. The maximum absolute atomic E-state index is 12.9. The van der Waals surface area contributed by atoms with E-state index in [1.54, 1.807) is 6.08 Å². The van der Waals surface area contributed by atoms with Crippen molar-refractivity contribution in [3.8, 4) is 0 Å². The van der Waals surface area contributed by atoms with Crippen molar-refractivity contribution in [3.05, 3.63) is 158 Å². The second-order valence-electron chi connectivity index (χ2n) is 18.0. The third-order valence-corrected chi connectivity index (χ3v) is 11.9. The zero-order chi connectivity index (χ0) is 55.5. The van der Waals surface area contributed by atoms with Crippen molar-refractivity contribution in [2.75, 3.05) is 26.4 Å². The van der Waals surface area contributed by atoms with E-state index in [1.165, 1.54) is 19.3 Å². The number of carbonyl (C=O) groups is 3. The van der Waals surface area contributed by atoms with Crippen molar-refractivity contribution >= 4 is 25.7 Å². The first kappa shape index (κ1) is 71.1. The van der Waals surface area contributed by atoms with Crippen LogP contribution >= 0.6 is 7.82 Å². The second kappa shape index (κ2) is 56.3. The third kappa shape index (κ3) is 53.9. The summed E-state index contributed by atoms with van der Waals surface area (Å²) in [6.45, 7) is 4.14. The summed E-state index contributed by atoms with van der Waals surface area (Å²) in [5.41, 5.74) is 0. The Bertz CT molecular complexity index is 1880. The van der Waals surface area contributed by atoms with Crippen molar-refractivity contribution in [1.82, 2.24) is 0 Å². The van der Waals surface area contributed by atoms with E-state index in [1.807, 2.05) is 30.4 Å². The molecule has 11 nitrogen and oxygen atoms in total. The molecule has 0 saturated carbocycles. The first-order valence-corrected chi connectivity index (χ1v) is 29.9. The molecule has 0 aromatic carbocycles. The van der Waals surface area contributed by atoms with Crippen LogP contribution in [0.3, 0.4) is 0 Å². The number of phosphoric ester groups is 1. The Balaban J connectivity index is 4.97. The van der Waals surface area contributed by atoms with Gasteiger partial charge in [0.15, 0.2) is 6.10 Å². The smallest absolute Gasteiger partial charge is 0.462 e. The Morgan fingerprint density at radius 2 is 0.763 bits per heavy atom. The number of aliphatic hydroxyl groups excluding tert-OH is 1. The van der Waals surface area contributed by atoms with Crippen LogP contribution in [-0.4, -0.2) is 66.5 Å². The summed E-state index contributed by atoms with van der Waals surface area (Å²) >= 11 is 0. The topological polar surface area (TPSA) is 155 Å². The molecule has 0 amide bonds. The number of carbonyl (C=O) groups excluding carboxylic acids is 3. The van der Waals surface area contributed by atoms with Crippen molar-refractivity contribution in [2.45, 2.75) is 200 Å². The van der Waals surface area contributed by atoms with Crippen molar-refractivity contribution in [3.63, 3.8) is 0 Å². The molecular formula is C64H99O11P. The highest BCUT2D eigenvalue weighted by Gasteiger charge is 2.28. The van der Waals surface area contributed by atoms with Gasteiger partial charge >= 0.3 is 25.7 Å². The number of phosphoric acid groups is 1. The van der Waals surface area contributed by atoms with E-state index in [-0.39, 0.29) is 19.3 Å².